The molecule has 2 amide bonds. The number of nitrogens with one attached hydrogen (secondary N) is 4. The molecule has 2 aliphatic heterocycles. The zero-order valence-electron chi connectivity index (χ0n) is 22.5. The lowest BCUT2D eigenvalue weighted by atomic mass is 9.95. The van der Waals surface area contributed by atoms with E-state index in [1.807, 2.05) is 32.1 Å². The number of ether oxygens (including phenoxy) is 1. The second-order valence-corrected chi connectivity index (χ2v) is 12.4. The van der Waals surface area contributed by atoms with Crippen LogP contribution in [-0.4, -0.2) is 67.3 Å². The van der Waals surface area contributed by atoms with Gasteiger partial charge in [0.2, 0.25) is 0 Å². The molecule has 0 spiro atoms. The number of hydrogen-bond donors (Lipinski definition) is 4. The molecule has 3 aliphatic rings. The topological polar surface area (TPSA) is 102 Å². The molecule has 0 saturated carbocycles. The van der Waals surface area contributed by atoms with Gasteiger partial charge in [-0.1, -0.05) is 0 Å². The highest BCUT2D eigenvalue weighted by Crippen LogP contribution is 2.38. The van der Waals surface area contributed by atoms with Gasteiger partial charge in [-0.25, -0.2) is 9.59 Å². The number of rotatable bonds is 5. The van der Waals surface area contributed by atoms with Crippen LogP contribution in [0, 0.1) is 0 Å². The highest BCUT2D eigenvalue weighted by Gasteiger charge is 2.30. The number of piperazine rings is 1. The van der Waals surface area contributed by atoms with Crippen LogP contribution < -0.4 is 20.9 Å². The zero-order valence-corrected chi connectivity index (χ0v) is 23.3. The SMILES string of the molecule is CN1CCN(c2sc3c(c2CNC(=O)Nc2[nH]c4c(c2C(=O)OC(C)(C)C)CCCC4)CCNC3)CC1. The number of H-pyrrole nitrogens is 1. The van der Waals surface area contributed by atoms with Crippen LogP contribution >= 0.6 is 11.3 Å². The summed E-state index contributed by atoms with van der Waals surface area (Å²) in [7, 11) is 2.16. The van der Waals surface area contributed by atoms with E-state index in [9.17, 15) is 9.59 Å². The largest absolute Gasteiger partial charge is 0.456 e. The average Bonchev–Trinajstić information content (AvgIpc) is 3.40. The van der Waals surface area contributed by atoms with Gasteiger partial charge in [0.05, 0.1) is 5.00 Å². The van der Waals surface area contributed by atoms with E-state index in [1.54, 1.807) is 0 Å². The molecule has 5 rings (SSSR count). The van der Waals surface area contributed by atoms with Crippen LogP contribution in [0.5, 0.6) is 0 Å². The van der Waals surface area contributed by atoms with Crippen molar-refractivity contribution < 1.29 is 14.3 Å². The molecule has 0 aromatic carbocycles. The summed E-state index contributed by atoms with van der Waals surface area (Å²) in [5.74, 6) is 0.0495. The van der Waals surface area contributed by atoms with Crippen molar-refractivity contribution in [3.63, 3.8) is 0 Å². The molecule has 202 valence electrons. The van der Waals surface area contributed by atoms with Crippen molar-refractivity contribution in [3.8, 4) is 0 Å². The second kappa shape index (κ2) is 10.7. The summed E-state index contributed by atoms with van der Waals surface area (Å²) in [6.45, 7) is 12.0. The Hall–Kier alpha value is -2.56. The fraction of sp³-hybridized carbons (Fsp3) is 0.630. The molecule has 1 fully saturated rings. The maximum Gasteiger partial charge on any atom is 0.342 e. The van der Waals surface area contributed by atoms with Crippen molar-refractivity contribution in [3.05, 3.63) is 32.8 Å². The Morgan fingerprint density at radius 2 is 1.81 bits per heavy atom. The van der Waals surface area contributed by atoms with Gasteiger partial charge in [-0.2, -0.15) is 0 Å². The number of thiophene rings is 1. The third-order valence-corrected chi connectivity index (χ3v) is 8.70. The molecular formula is C27H40N6O3S. The number of aromatic nitrogens is 1. The van der Waals surface area contributed by atoms with Gasteiger partial charge in [0.1, 0.15) is 17.0 Å². The van der Waals surface area contributed by atoms with Crippen molar-refractivity contribution in [1.29, 1.82) is 0 Å². The third kappa shape index (κ3) is 5.81. The summed E-state index contributed by atoms with van der Waals surface area (Å²) < 4.78 is 5.70. The molecule has 1 aliphatic carbocycles. The number of aromatic amines is 1. The number of urea groups is 1. The predicted molar refractivity (Wildman–Crippen MR) is 148 cm³/mol. The van der Waals surface area contributed by atoms with E-state index >= 15 is 0 Å². The van der Waals surface area contributed by atoms with Crippen LogP contribution in [0.25, 0.3) is 0 Å². The summed E-state index contributed by atoms with van der Waals surface area (Å²) >= 11 is 1.86. The number of anilines is 2. The molecule has 9 nitrogen and oxygen atoms in total. The van der Waals surface area contributed by atoms with Gasteiger partial charge >= 0.3 is 12.0 Å². The van der Waals surface area contributed by atoms with Crippen molar-refractivity contribution in [2.75, 3.05) is 50.0 Å². The Balaban J connectivity index is 1.33. The van der Waals surface area contributed by atoms with Gasteiger partial charge in [-0.05, 0) is 77.6 Å². The lowest BCUT2D eigenvalue weighted by Crippen LogP contribution is -2.44. The lowest BCUT2D eigenvalue weighted by molar-refractivity contribution is 0.00697. The van der Waals surface area contributed by atoms with Gasteiger partial charge in [-0.3, -0.25) is 5.32 Å². The second-order valence-electron chi connectivity index (χ2n) is 11.4. The van der Waals surface area contributed by atoms with Crippen LogP contribution in [0.3, 0.4) is 0 Å². The number of fused-ring (bicyclic) bond motifs is 2. The van der Waals surface area contributed by atoms with Crippen LogP contribution in [0.4, 0.5) is 15.6 Å². The average molecular weight is 529 g/mol. The summed E-state index contributed by atoms with van der Waals surface area (Å²) in [4.78, 5) is 35.8. The van der Waals surface area contributed by atoms with Gasteiger partial charge in [0.15, 0.2) is 0 Å². The molecule has 0 radical (unpaired) electrons. The van der Waals surface area contributed by atoms with Crippen LogP contribution in [-0.2, 0) is 37.1 Å². The van der Waals surface area contributed by atoms with E-state index in [4.69, 9.17) is 4.74 Å². The Morgan fingerprint density at radius 3 is 2.57 bits per heavy atom. The quantitative estimate of drug-likeness (QED) is 0.442. The first-order chi connectivity index (χ1) is 17.7. The van der Waals surface area contributed by atoms with Crippen molar-refractivity contribution in [2.45, 2.75) is 71.6 Å². The summed E-state index contributed by atoms with van der Waals surface area (Å²) in [6.07, 6.45) is 4.76. The van der Waals surface area contributed by atoms with E-state index in [1.165, 1.54) is 21.0 Å². The van der Waals surface area contributed by atoms with Gasteiger partial charge < -0.3 is 30.2 Å². The zero-order chi connectivity index (χ0) is 26.2. The maximum absolute atomic E-state index is 13.2. The smallest absolute Gasteiger partial charge is 0.342 e. The monoisotopic (exact) mass is 528 g/mol. The maximum atomic E-state index is 13.2. The number of aryl methyl sites for hydroxylation is 1. The van der Waals surface area contributed by atoms with E-state index in [0.717, 1.165) is 82.6 Å². The van der Waals surface area contributed by atoms with Crippen LogP contribution in [0.2, 0.25) is 0 Å². The fourth-order valence-electron chi connectivity index (χ4n) is 5.49. The summed E-state index contributed by atoms with van der Waals surface area (Å²) in [5.41, 5.74) is 4.48. The normalized spacial score (nSPS) is 18.2. The predicted octanol–water partition coefficient (Wildman–Crippen LogP) is 3.63. The minimum Gasteiger partial charge on any atom is -0.456 e. The minimum absolute atomic E-state index is 0.318. The van der Waals surface area contributed by atoms with E-state index in [2.05, 4.69) is 37.8 Å². The number of esters is 1. The molecular weight excluding hydrogens is 488 g/mol. The molecule has 0 unspecified atom stereocenters. The van der Waals surface area contributed by atoms with Gasteiger partial charge in [0, 0.05) is 55.4 Å². The molecule has 4 heterocycles. The Morgan fingerprint density at radius 1 is 1.05 bits per heavy atom. The number of carbonyl (C=O) groups is 2. The molecule has 10 heteroatoms. The van der Waals surface area contributed by atoms with Gasteiger partial charge in [0.25, 0.3) is 0 Å². The first kappa shape index (κ1) is 26.1. The van der Waals surface area contributed by atoms with E-state index in [-0.39, 0.29) is 12.0 Å². The fourth-order valence-corrected chi connectivity index (χ4v) is 6.88. The molecule has 2 aromatic rings. The molecule has 0 atom stereocenters. The first-order valence-electron chi connectivity index (χ1n) is 13.5. The van der Waals surface area contributed by atoms with Gasteiger partial charge in [-0.15, -0.1) is 11.3 Å². The van der Waals surface area contributed by atoms with E-state index in [0.29, 0.717) is 17.9 Å². The van der Waals surface area contributed by atoms with Crippen molar-refractivity contribution >= 4 is 34.2 Å². The minimum atomic E-state index is -0.609. The summed E-state index contributed by atoms with van der Waals surface area (Å²) in [5, 5.41) is 10.8. The Bertz CT molecular complexity index is 1160. The standard InChI is InChI=1S/C27H40N6O3S/c1-27(2,3)36-25(34)22-18-7-5-6-8-20(18)30-23(22)31-26(35)29-15-19-17-9-10-28-16-21(17)37-24(19)33-13-11-32(4)12-14-33/h28,30H,5-16H2,1-4H3,(H2,29,31,35). The summed E-state index contributed by atoms with van der Waals surface area (Å²) in [6, 6.07) is -0.318. The number of carbonyl (C=O) groups excluding carboxylic acids is 2. The van der Waals surface area contributed by atoms with Crippen LogP contribution in [0.1, 0.15) is 71.2 Å². The molecule has 1 saturated heterocycles. The van der Waals surface area contributed by atoms with Crippen molar-refractivity contribution in [2.24, 2.45) is 0 Å². The van der Waals surface area contributed by atoms with Crippen LogP contribution in [0.15, 0.2) is 0 Å². The Labute approximate surface area is 223 Å². The number of amides is 2. The van der Waals surface area contributed by atoms with Crippen molar-refractivity contribution in [1.82, 2.24) is 20.5 Å². The number of nitrogens with zero attached hydrogens (tertiary/aromatic N) is 2. The highest BCUT2D eigenvalue weighted by molar-refractivity contribution is 7.16. The first-order valence-corrected chi connectivity index (χ1v) is 14.3. The van der Waals surface area contributed by atoms with E-state index < -0.39 is 5.60 Å². The number of likely N-dealkylation sites (N-methyl/N-ethyl adjacent to an activating group) is 1. The molecule has 0 bridgehead atoms. The molecule has 4 N–H and O–H groups in total. The molecule has 2 aromatic heterocycles. The number of hydrogen-bond acceptors (Lipinski definition) is 7. The highest BCUT2D eigenvalue weighted by atomic mass is 32.1. The molecule has 37 heavy (non-hydrogen) atoms. The Kier molecular flexibility index (Phi) is 7.51. The lowest BCUT2D eigenvalue weighted by Gasteiger charge is -2.34. The third-order valence-electron chi connectivity index (χ3n) is 7.37.